The quantitative estimate of drug-likeness (QED) is 0.587. The van der Waals surface area contributed by atoms with E-state index in [1.54, 1.807) is 6.07 Å². The Morgan fingerprint density at radius 1 is 1.22 bits per heavy atom. The van der Waals surface area contributed by atoms with Crippen molar-refractivity contribution in [3.05, 3.63) is 46.0 Å². The average molecular weight is 344 g/mol. The van der Waals surface area contributed by atoms with E-state index < -0.39 is 0 Å². The molecule has 1 aromatic carbocycles. The Bertz CT molecular complexity index is 744. The van der Waals surface area contributed by atoms with E-state index in [1.165, 1.54) is 23.7 Å². The maximum Gasteiger partial charge on any atom is 0.150 e. The van der Waals surface area contributed by atoms with Gasteiger partial charge < -0.3 is 0 Å². The van der Waals surface area contributed by atoms with Crippen LogP contribution in [-0.4, -0.2) is 9.97 Å². The van der Waals surface area contributed by atoms with E-state index in [9.17, 15) is 4.39 Å². The number of aromatic nitrogens is 2. The molecule has 0 bridgehead atoms. The van der Waals surface area contributed by atoms with Gasteiger partial charge in [0.15, 0.2) is 0 Å². The van der Waals surface area contributed by atoms with Gasteiger partial charge in [-0.25, -0.2) is 14.4 Å². The molecule has 0 saturated heterocycles. The van der Waals surface area contributed by atoms with Crippen LogP contribution in [0.25, 0.3) is 20.7 Å². The van der Waals surface area contributed by atoms with E-state index in [4.69, 9.17) is 11.6 Å². The summed E-state index contributed by atoms with van der Waals surface area (Å²) in [4.78, 5) is 8.98. The molecule has 18 heavy (non-hydrogen) atoms. The number of fused-ring (bicyclic) bond motifs is 1. The van der Waals surface area contributed by atoms with Crippen LogP contribution in [0.15, 0.2) is 35.1 Å². The van der Waals surface area contributed by atoms with Crippen molar-refractivity contribution in [2.45, 2.75) is 0 Å². The largest absolute Gasteiger partial charge is 0.235 e. The minimum absolute atomic E-state index is 0.290. The molecule has 90 valence electrons. The fourth-order valence-corrected chi connectivity index (χ4v) is 3.11. The first-order chi connectivity index (χ1) is 8.65. The molecule has 3 rings (SSSR count). The topological polar surface area (TPSA) is 25.8 Å². The Morgan fingerprint density at radius 3 is 2.78 bits per heavy atom. The zero-order valence-corrected chi connectivity index (χ0v) is 12.0. The van der Waals surface area contributed by atoms with Crippen molar-refractivity contribution < 1.29 is 4.39 Å². The summed E-state index contributed by atoms with van der Waals surface area (Å²) in [5.74, 6) is -0.290. The Balaban J connectivity index is 2.19. The number of hydrogen-bond acceptors (Lipinski definition) is 3. The fraction of sp³-hybridized carbons (Fsp3) is 0. The van der Waals surface area contributed by atoms with E-state index in [0.29, 0.717) is 9.63 Å². The highest BCUT2D eigenvalue weighted by Crippen LogP contribution is 2.36. The predicted octanol–water partition coefficient (Wildman–Crippen LogP) is 4.91. The van der Waals surface area contributed by atoms with Gasteiger partial charge in [-0.3, -0.25) is 0 Å². The lowest BCUT2D eigenvalue weighted by Crippen LogP contribution is -1.78. The summed E-state index contributed by atoms with van der Waals surface area (Å²) in [7, 11) is 0. The number of benzene rings is 1. The molecule has 0 aliphatic rings. The van der Waals surface area contributed by atoms with Crippen LogP contribution in [0.5, 0.6) is 0 Å². The van der Waals surface area contributed by atoms with Gasteiger partial charge in [0.25, 0.3) is 0 Å². The maximum absolute atomic E-state index is 13.5. The molecule has 0 atom stereocenters. The molecule has 0 spiro atoms. The Labute approximate surface area is 120 Å². The van der Waals surface area contributed by atoms with Gasteiger partial charge in [0.1, 0.15) is 17.3 Å². The molecule has 2 aromatic heterocycles. The lowest BCUT2D eigenvalue weighted by atomic mass is 10.2. The number of nitrogens with zero attached hydrogens (tertiary/aromatic N) is 2. The lowest BCUT2D eigenvalue weighted by molar-refractivity contribution is 0.622. The molecule has 0 unspecified atom stereocenters. The second kappa shape index (κ2) is 4.57. The van der Waals surface area contributed by atoms with Crippen molar-refractivity contribution in [3.8, 4) is 10.4 Å². The zero-order valence-electron chi connectivity index (χ0n) is 8.82. The van der Waals surface area contributed by atoms with E-state index in [0.717, 1.165) is 20.7 Å². The summed E-state index contributed by atoms with van der Waals surface area (Å²) in [6.07, 6.45) is 1.42. The highest BCUT2D eigenvalue weighted by molar-refractivity contribution is 9.10. The third kappa shape index (κ3) is 2.02. The third-order valence-electron chi connectivity index (χ3n) is 2.47. The Kier molecular flexibility index (Phi) is 3.05. The second-order valence-electron chi connectivity index (χ2n) is 3.62. The van der Waals surface area contributed by atoms with Crippen LogP contribution in [0.4, 0.5) is 4.39 Å². The molecule has 2 nitrogen and oxygen atoms in total. The van der Waals surface area contributed by atoms with Crippen molar-refractivity contribution in [2.75, 3.05) is 0 Å². The average Bonchev–Trinajstić information content (AvgIpc) is 2.78. The summed E-state index contributed by atoms with van der Waals surface area (Å²) in [6.45, 7) is 0. The summed E-state index contributed by atoms with van der Waals surface area (Å²) < 4.78 is 14.8. The van der Waals surface area contributed by atoms with Gasteiger partial charge in [-0.15, -0.1) is 11.3 Å². The first-order valence-corrected chi connectivity index (χ1v) is 6.99. The zero-order chi connectivity index (χ0) is 12.7. The first-order valence-electron chi connectivity index (χ1n) is 5.00. The number of thiophene rings is 1. The van der Waals surface area contributed by atoms with Crippen molar-refractivity contribution >= 4 is 49.1 Å². The van der Waals surface area contributed by atoms with E-state index >= 15 is 0 Å². The van der Waals surface area contributed by atoms with Crippen LogP contribution in [0, 0.1) is 5.82 Å². The van der Waals surface area contributed by atoms with Crippen LogP contribution in [0.3, 0.4) is 0 Å². The molecule has 0 saturated carbocycles. The Morgan fingerprint density at radius 2 is 2.06 bits per heavy atom. The molecule has 0 aliphatic heterocycles. The predicted molar refractivity (Wildman–Crippen MR) is 75.5 cm³/mol. The highest BCUT2D eigenvalue weighted by atomic mass is 79.9. The maximum atomic E-state index is 13.5. The van der Waals surface area contributed by atoms with Crippen LogP contribution in [0.1, 0.15) is 0 Å². The standard InChI is InChI=1S/C12H5BrClFN2S/c13-7-2-1-6(3-8(7)15)10-4-9-11(18-10)12(14)17-5-16-9/h1-5H. The minimum Gasteiger partial charge on any atom is -0.235 e. The summed E-state index contributed by atoms with van der Waals surface area (Å²) in [6, 6.07) is 6.90. The number of rotatable bonds is 1. The summed E-state index contributed by atoms with van der Waals surface area (Å²) in [5, 5.41) is 0.425. The van der Waals surface area contributed by atoms with Crippen LogP contribution >= 0.6 is 38.9 Å². The van der Waals surface area contributed by atoms with Crippen LogP contribution < -0.4 is 0 Å². The van der Waals surface area contributed by atoms with Gasteiger partial charge in [-0.1, -0.05) is 17.7 Å². The van der Waals surface area contributed by atoms with Gasteiger partial charge >= 0.3 is 0 Å². The van der Waals surface area contributed by atoms with E-state index in [-0.39, 0.29) is 5.82 Å². The Hall–Kier alpha value is -1.04. The van der Waals surface area contributed by atoms with E-state index in [2.05, 4.69) is 25.9 Å². The van der Waals surface area contributed by atoms with Gasteiger partial charge in [0.2, 0.25) is 0 Å². The molecular weight excluding hydrogens is 339 g/mol. The number of halogens is 3. The molecule has 0 amide bonds. The smallest absolute Gasteiger partial charge is 0.150 e. The molecule has 0 radical (unpaired) electrons. The fourth-order valence-electron chi connectivity index (χ4n) is 1.62. The highest BCUT2D eigenvalue weighted by Gasteiger charge is 2.10. The first kappa shape index (κ1) is 12.0. The summed E-state index contributed by atoms with van der Waals surface area (Å²) >= 11 is 10.6. The van der Waals surface area contributed by atoms with Gasteiger partial charge in [-0.2, -0.15) is 0 Å². The van der Waals surface area contributed by atoms with Crippen molar-refractivity contribution in [3.63, 3.8) is 0 Å². The molecule has 6 heteroatoms. The molecule has 3 aromatic rings. The lowest BCUT2D eigenvalue weighted by Gasteiger charge is -1.98. The molecule has 0 fully saturated rings. The van der Waals surface area contributed by atoms with Crippen LogP contribution in [-0.2, 0) is 0 Å². The van der Waals surface area contributed by atoms with Gasteiger partial charge in [-0.05, 0) is 39.7 Å². The van der Waals surface area contributed by atoms with Gasteiger partial charge in [0.05, 0.1) is 14.7 Å². The minimum atomic E-state index is -0.290. The molecular formula is C12H5BrClFN2S. The van der Waals surface area contributed by atoms with E-state index in [1.807, 2.05) is 12.1 Å². The third-order valence-corrected chi connectivity index (χ3v) is 4.69. The molecule has 2 heterocycles. The van der Waals surface area contributed by atoms with Gasteiger partial charge in [0, 0.05) is 4.88 Å². The van der Waals surface area contributed by atoms with Crippen molar-refractivity contribution in [2.24, 2.45) is 0 Å². The monoisotopic (exact) mass is 342 g/mol. The van der Waals surface area contributed by atoms with Crippen LogP contribution in [0.2, 0.25) is 5.15 Å². The number of hydrogen-bond donors (Lipinski definition) is 0. The summed E-state index contributed by atoms with van der Waals surface area (Å²) in [5.41, 5.74) is 1.58. The van der Waals surface area contributed by atoms with Crippen molar-refractivity contribution in [1.29, 1.82) is 0 Å². The molecule has 0 N–H and O–H groups in total. The molecule has 0 aliphatic carbocycles. The normalized spacial score (nSPS) is 11.1. The second-order valence-corrected chi connectivity index (χ2v) is 5.88. The van der Waals surface area contributed by atoms with Crippen molar-refractivity contribution in [1.82, 2.24) is 9.97 Å². The SMILES string of the molecule is Fc1cc(-c2cc3ncnc(Cl)c3s2)ccc1Br.